The lowest BCUT2D eigenvalue weighted by Crippen LogP contribution is -2.43. The summed E-state index contributed by atoms with van der Waals surface area (Å²) in [6, 6.07) is 5.69. The molecular formula is C18H24N2O6S. The van der Waals surface area contributed by atoms with Crippen LogP contribution in [0.15, 0.2) is 29.2 Å². The first-order valence-electron chi connectivity index (χ1n) is 8.68. The van der Waals surface area contributed by atoms with Crippen LogP contribution in [0.1, 0.15) is 36.5 Å². The monoisotopic (exact) mass is 396 g/mol. The third kappa shape index (κ3) is 5.53. The van der Waals surface area contributed by atoms with E-state index in [0.29, 0.717) is 37.9 Å². The molecule has 8 nitrogen and oxygen atoms in total. The number of hydrogen-bond donors (Lipinski definition) is 1. The third-order valence-corrected chi connectivity index (χ3v) is 5.76. The lowest BCUT2D eigenvalue weighted by molar-refractivity contribution is -0.145. The Kier molecular flexibility index (Phi) is 6.59. The lowest BCUT2D eigenvalue weighted by atomic mass is 10.1. The Bertz CT molecular complexity index is 836. The van der Waals surface area contributed by atoms with Crippen molar-refractivity contribution in [2.75, 3.05) is 25.9 Å². The second kappa shape index (κ2) is 8.51. The molecule has 148 valence electrons. The van der Waals surface area contributed by atoms with E-state index in [1.54, 1.807) is 11.0 Å². The molecule has 27 heavy (non-hydrogen) atoms. The number of rotatable bonds is 5. The summed E-state index contributed by atoms with van der Waals surface area (Å²) in [5.74, 6) is -1.64. The van der Waals surface area contributed by atoms with Gasteiger partial charge in [-0.25, -0.2) is 8.42 Å². The Balaban J connectivity index is 2.12. The number of nitrogens with zero attached hydrogens (tertiary/aromatic N) is 2. The molecule has 1 aliphatic heterocycles. The van der Waals surface area contributed by atoms with Crippen molar-refractivity contribution < 1.29 is 27.9 Å². The van der Waals surface area contributed by atoms with E-state index in [0.717, 1.165) is 6.26 Å². The molecule has 0 saturated carbocycles. The van der Waals surface area contributed by atoms with Crippen molar-refractivity contribution in [3.8, 4) is 0 Å². The van der Waals surface area contributed by atoms with Crippen LogP contribution in [0, 0.1) is 0 Å². The summed E-state index contributed by atoms with van der Waals surface area (Å²) in [7, 11) is -3.41. The predicted molar refractivity (Wildman–Crippen MR) is 98.1 cm³/mol. The maximum absolute atomic E-state index is 12.8. The molecule has 1 saturated heterocycles. The molecule has 0 aromatic heterocycles. The molecule has 1 aromatic rings. The molecule has 9 heteroatoms. The van der Waals surface area contributed by atoms with E-state index in [-0.39, 0.29) is 29.3 Å². The lowest BCUT2D eigenvalue weighted by Gasteiger charge is -2.28. The van der Waals surface area contributed by atoms with Crippen LogP contribution in [0.4, 0.5) is 0 Å². The van der Waals surface area contributed by atoms with Gasteiger partial charge < -0.3 is 14.9 Å². The fourth-order valence-electron chi connectivity index (χ4n) is 3.28. The van der Waals surface area contributed by atoms with Crippen molar-refractivity contribution in [2.24, 2.45) is 0 Å². The van der Waals surface area contributed by atoms with Crippen LogP contribution >= 0.6 is 0 Å². The van der Waals surface area contributed by atoms with Gasteiger partial charge in [0.25, 0.3) is 5.91 Å². The van der Waals surface area contributed by atoms with Crippen LogP contribution < -0.4 is 0 Å². The van der Waals surface area contributed by atoms with Gasteiger partial charge in [0.15, 0.2) is 9.84 Å². The largest absolute Gasteiger partial charge is 0.480 e. The number of benzene rings is 1. The van der Waals surface area contributed by atoms with Crippen molar-refractivity contribution in [3.05, 3.63) is 29.8 Å². The van der Waals surface area contributed by atoms with E-state index >= 15 is 0 Å². The molecule has 1 aromatic carbocycles. The van der Waals surface area contributed by atoms with Gasteiger partial charge in [0, 0.05) is 37.9 Å². The van der Waals surface area contributed by atoms with Crippen LogP contribution in [0.5, 0.6) is 0 Å². The predicted octanol–water partition coefficient (Wildman–Crippen LogP) is 1.02. The fraction of sp³-hybridized carbons (Fsp3) is 0.500. The minimum atomic E-state index is -3.41. The standard InChI is InChI=1S/C18H24N2O6S/c1-13(21)20(12-17(22)23)15-6-4-9-19(10-8-15)18(24)14-5-3-7-16(11-14)27(2,25)26/h3,5,7,11,15H,4,6,8-10,12H2,1-2H3,(H,22,23). The molecular weight excluding hydrogens is 372 g/mol. The fourth-order valence-corrected chi connectivity index (χ4v) is 3.95. The second-order valence-electron chi connectivity index (χ2n) is 6.72. The summed E-state index contributed by atoms with van der Waals surface area (Å²) in [6.07, 6.45) is 2.81. The number of likely N-dealkylation sites (tertiary alicyclic amines) is 1. The number of amides is 2. The minimum absolute atomic E-state index is 0.0882. The van der Waals surface area contributed by atoms with Crippen molar-refractivity contribution in [1.29, 1.82) is 0 Å². The van der Waals surface area contributed by atoms with Crippen LogP contribution in [0.2, 0.25) is 0 Å². The first-order valence-corrected chi connectivity index (χ1v) is 10.6. The Morgan fingerprint density at radius 1 is 1.22 bits per heavy atom. The zero-order chi connectivity index (χ0) is 20.2. The van der Waals surface area contributed by atoms with Gasteiger partial charge in [0.05, 0.1) is 4.90 Å². The number of hydrogen-bond acceptors (Lipinski definition) is 5. The summed E-state index contributed by atoms with van der Waals surface area (Å²) in [6.45, 7) is 1.82. The van der Waals surface area contributed by atoms with Gasteiger partial charge in [-0.2, -0.15) is 0 Å². The van der Waals surface area contributed by atoms with Crippen molar-refractivity contribution in [3.63, 3.8) is 0 Å². The maximum atomic E-state index is 12.8. The topological polar surface area (TPSA) is 112 Å². The molecule has 0 aliphatic carbocycles. The smallest absolute Gasteiger partial charge is 0.323 e. The average molecular weight is 396 g/mol. The van der Waals surface area contributed by atoms with Crippen molar-refractivity contribution >= 4 is 27.6 Å². The van der Waals surface area contributed by atoms with E-state index in [1.807, 2.05) is 0 Å². The van der Waals surface area contributed by atoms with Gasteiger partial charge in [-0.3, -0.25) is 14.4 Å². The van der Waals surface area contributed by atoms with Gasteiger partial charge in [-0.15, -0.1) is 0 Å². The maximum Gasteiger partial charge on any atom is 0.323 e. The van der Waals surface area contributed by atoms with Gasteiger partial charge in [-0.1, -0.05) is 6.07 Å². The first-order chi connectivity index (χ1) is 12.6. The van der Waals surface area contributed by atoms with Crippen LogP contribution in [-0.2, 0) is 19.4 Å². The highest BCUT2D eigenvalue weighted by atomic mass is 32.2. The van der Waals surface area contributed by atoms with E-state index in [2.05, 4.69) is 0 Å². The molecule has 0 spiro atoms. The molecule has 1 unspecified atom stereocenters. The normalized spacial score (nSPS) is 17.9. The summed E-state index contributed by atoms with van der Waals surface area (Å²) in [5.41, 5.74) is 0.297. The van der Waals surface area contributed by atoms with Crippen LogP contribution in [-0.4, -0.2) is 73.0 Å². The molecule has 2 amide bonds. The average Bonchev–Trinajstić information content (AvgIpc) is 2.84. The van der Waals surface area contributed by atoms with E-state index < -0.39 is 15.8 Å². The highest BCUT2D eigenvalue weighted by Gasteiger charge is 2.28. The Morgan fingerprint density at radius 3 is 2.52 bits per heavy atom. The number of carbonyl (C=O) groups is 3. The van der Waals surface area contributed by atoms with Crippen LogP contribution in [0.3, 0.4) is 0 Å². The number of carboxylic acids is 1. The summed E-state index contributed by atoms with van der Waals surface area (Å²) in [5, 5.41) is 9.01. The molecule has 1 heterocycles. The molecule has 0 radical (unpaired) electrons. The van der Waals surface area contributed by atoms with Gasteiger partial charge in [0.2, 0.25) is 5.91 Å². The Morgan fingerprint density at radius 2 is 1.93 bits per heavy atom. The van der Waals surface area contributed by atoms with Gasteiger partial charge >= 0.3 is 5.97 Å². The first kappa shape index (κ1) is 20.9. The summed E-state index contributed by atoms with van der Waals surface area (Å²) in [4.78, 5) is 38.6. The van der Waals surface area contributed by atoms with Gasteiger partial charge in [-0.05, 0) is 37.5 Å². The third-order valence-electron chi connectivity index (χ3n) is 4.64. The van der Waals surface area contributed by atoms with E-state index in [4.69, 9.17) is 5.11 Å². The summed E-state index contributed by atoms with van der Waals surface area (Å²) < 4.78 is 23.4. The molecule has 1 atom stereocenters. The molecule has 1 aliphatic rings. The Hall–Kier alpha value is -2.42. The SMILES string of the molecule is CC(=O)N(CC(=O)O)C1CCCN(C(=O)c2cccc(S(C)(=O)=O)c2)CC1. The molecule has 2 rings (SSSR count). The van der Waals surface area contributed by atoms with E-state index in [1.165, 1.54) is 30.0 Å². The molecule has 1 N–H and O–H groups in total. The van der Waals surface area contributed by atoms with Crippen LogP contribution in [0.25, 0.3) is 0 Å². The van der Waals surface area contributed by atoms with Crippen molar-refractivity contribution in [1.82, 2.24) is 9.80 Å². The van der Waals surface area contributed by atoms with Crippen molar-refractivity contribution in [2.45, 2.75) is 37.1 Å². The zero-order valence-corrected chi connectivity index (χ0v) is 16.2. The minimum Gasteiger partial charge on any atom is -0.480 e. The van der Waals surface area contributed by atoms with Gasteiger partial charge in [0.1, 0.15) is 6.54 Å². The second-order valence-corrected chi connectivity index (χ2v) is 8.73. The quantitative estimate of drug-likeness (QED) is 0.795. The number of aliphatic carboxylic acids is 1. The molecule has 1 fully saturated rings. The van der Waals surface area contributed by atoms with E-state index in [9.17, 15) is 22.8 Å². The zero-order valence-electron chi connectivity index (χ0n) is 15.4. The summed E-state index contributed by atoms with van der Waals surface area (Å²) >= 11 is 0. The highest BCUT2D eigenvalue weighted by molar-refractivity contribution is 7.90. The number of sulfone groups is 1. The highest BCUT2D eigenvalue weighted by Crippen LogP contribution is 2.20. The Labute approximate surface area is 158 Å². The number of carboxylic acid groups (broad SMARTS) is 1. The molecule has 0 bridgehead atoms. The number of carbonyl (C=O) groups excluding carboxylic acids is 2.